The van der Waals surface area contributed by atoms with Gasteiger partial charge in [-0.05, 0) is 53.2 Å². The van der Waals surface area contributed by atoms with Crippen LogP contribution in [0.1, 0.15) is 27.7 Å². The molecule has 0 aliphatic heterocycles. The molecule has 1 atom stereocenters. The zero-order valence-corrected chi connectivity index (χ0v) is 15.3. The van der Waals surface area contributed by atoms with Crippen molar-refractivity contribution in [3.63, 3.8) is 0 Å². The molecule has 0 aliphatic carbocycles. The Morgan fingerprint density at radius 2 is 1.79 bits per heavy atom. The standard InChI is InChI=1S/C23H19NO4/c1-27-17-11-8-16(9-12-17)23(26)24-22(20-7-4-14-28-20)21-18-6-3-2-5-15(18)10-13-19(21)25/h2-14,22,25H,1H3,(H,24,26). The number of benzene rings is 3. The van der Waals surface area contributed by atoms with Gasteiger partial charge in [0.25, 0.3) is 5.91 Å². The van der Waals surface area contributed by atoms with E-state index in [0.29, 0.717) is 22.6 Å². The quantitative estimate of drug-likeness (QED) is 0.533. The van der Waals surface area contributed by atoms with Gasteiger partial charge in [-0.3, -0.25) is 4.79 Å². The minimum absolute atomic E-state index is 0.0927. The van der Waals surface area contributed by atoms with Gasteiger partial charge in [0.15, 0.2) is 0 Å². The molecule has 5 nitrogen and oxygen atoms in total. The highest BCUT2D eigenvalue weighted by Crippen LogP contribution is 2.36. The van der Waals surface area contributed by atoms with Crippen LogP contribution in [0.15, 0.2) is 83.5 Å². The summed E-state index contributed by atoms with van der Waals surface area (Å²) >= 11 is 0. The number of hydrogen-bond acceptors (Lipinski definition) is 4. The van der Waals surface area contributed by atoms with E-state index < -0.39 is 6.04 Å². The number of aromatic hydroxyl groups is 1. The molecule has 0 spiro atoms. The fourth-order valence-electron chi connectivity index (χ4n) is 3.29. The lowest BCUT2D eigenvalue weighted by Gasteiger charge is -2.20. The zero-order valence-electron chi connectivity index (χ0n) is 15.3. The fraction of sp³-hybridized carbons (Fsp3) is 0.0870. The minimum Gasteiger partial charge on any atom is -0.508 e. The van der Waals surface area contributed by atoms with E-state index in [9.17, 15) is 9.90 Å². The van der Waals surface area contributed by atoms with Crippen LogP contribution in [0.2, 0.25) is 0 Å². The predicted octanol–water partition coefficient (Wildman–Crippen LogP) is 4.67. The van der Waals surface area contributed by atoms with Crippen LogP contribution >= 0.6 is 0 Å². The van der Waals surface area contributed by atoms with Crippen LogP contribution in [-0.4, -0.2) is 18.1 Å². The van der Waals surface area contributed by atoms with Gasteiger partial charge in [0.05, 0.1) is 13.4 Å². The Balaban J connectivity index is 1.77. The van der Waals surface area contributed by atoms with Crippen LogP contribution in [0, 0.1) is 0 Å². The van der Waals surface area contributed by atoms with Crippen LogP contribution in [0.25, 0.3) is 10.8 Å². The number of fused-ring (bicyclic) bond motifs is 1. The van der Waals surface area contributed by atoms with Crippen molar-refractivity contribution < 1.29 is 19.1 Å². The molecule has 140 valence electrons. The molecule has 0 saturated heterocycles. The first-order valence-corrected chi connectivity index (χ1v) is 8.86. The molecule has 0 bridgehead atoms. The summed E-state index contributed by atoms with van der Waals surface area (Å²) in [6.45, 7) is 0. The molecule has 1 aromatic heterocycles. The summed E-state index contributed by atoms with van der Waals surface area (Å²) in [6, 6.07) is 20.9. The molecule has 1 amide bonds. The monoisotopic (exact) mass is 373 g/mol. The summed E-state index contributed by atoms with van der Waals surface area (Å²) in [5, 5.41) is 15.4. The van der Waals surface area contributed by atoms with E-state index in [1.54, 1.807) is 55.8 Å². The number of ether oxygens (including phenoxy) is 1. The molecular formula is C23H19NO4. The Morgan fingerprint density at radius 3 is 2.50 bits per heavy atom. The third-order valence-corrected chi connectivity index (χ3v) is 4.69. The van der Waals surface area contributed by atoms with Crippen LogP contribution < -0.4 is 10.1 Å². The van der Waals surface area contributed by atoms with Crippen LogP contribution in [0.3, 0.4) is 0 Å². The third kappa shape index (κ3) is 3.30. The van der Waals surface area contributed by atoms with Crippen LogP contribution in [-0.2, 0) is 0 Å². The number of furan rings is 1. The topological polar surface area (TPSA) is 71.7 Å². The van der Waals surface area contributed by atoms with Crippen LogP contribution in [0.5, 0.6) is 11.5 Å². The second kappa shape index (κ2) is 7.48. The molecule has 0 fully saturated rings. The molecule has 2 N–H and O–H groups in total. The number of carbonyl (C=O) groups is 1. The van der Waals surface area contributed by atoms with Gasteiger partial charge >= 0.3 is 0 Å². The third-order valence-electron chi connectivity index (χ3n) is 4.69. The van der Waals surface area contributed by atoms with Crippen molar-refractivity contribution in [2.24, 2.45) is 0 Å². The number of carbonyl (C=O) groups excluding carboxylic acids is 1. The molecule has 1 unspecified atom stereocenters. The Hall–Kier alpha value is -3.73. The van der Waals surface area contributed by atoms with E-state index in [1.165, 1.54) is 0 Å². The van der Waals surface area contributed by atoms with E-state index >= 15 is 0 Å². The lowest BCUT2D eigenvalue weighted by atomic mass is 9.95. The molecule has 0 aliphatic rings. The van der Waals surface area contributed by atoms with E-state index in [2.05, 4.69) is 5.32 Å². The fourth-order valence-corrected chi connectivity index (χ4v) is 3.29. The summed E-state index contributed by atoms with van der Waals surface area (Å²) in [5.74, 6) is 1.02. The number of rotatable bonds is 5. The predicted molar refractivity (Wildman–Crippen MR) is 107 cm³/mol. The highest BCUT2D eigenvalue weighted by atomic mass is 16.5. The molecule has 28 heavy (non-hydrogen) atoms. The lowest BCUT2D eigenvalue weighted by Crippen LogP contribution is -2.29. The van der Waals surface area contributed by atoms with Crippen molar-refractivity contribution in [2.75, 3.05) is 7.11 Å². The minimum atomic E-state index is -0.643. The smallest absolute Gasteiger partial charge is 0.252 e. The van der Waals surface area contributed by atoms with Crippen molar-refractivity contribution in [1.29, 1.82) is 0 Å². The highest BCUT2D eigenvalue weighted by molar-refractivity contribution is 5.96. The maximum absolute atomic E-state index is 12.9. The van der Waals surface area contributed by atoms with Crippen molar-refractivity contribution in [1.82, 2.24) is 5.32 Å². The highest BCUT2D eigenvalue weighted by Gasteiger charge is 2.25. The summed E-state index contributed by atoms with van der Waals surface area (Å²) in [7, 11) is 1.57. The maximum Gasteiger partial charge on any atom is 0.252 e. The molecular weight excluding hydrogens is 354 g/mol. The van der Waals surface area contributed by atoms with Gasteiger partial charge in [0.1, 0.15) is 23.3 Å². The number of phenols is 1. The summed E-state index contributed by atoms with van der Waals surface area (Å²) in [4.78, 5) is 12.9. The van der Waals surface area contributed by atoms with Gasteiger partial charge in [-0.2, -0.15) is 0 Å². The number of phenolic OH excluding ortho intramolecular Hbond substituents is 1. The lowest BCUT2D eigenvalue weighted by molar-refractivity contribution is 0.0939. The summed E-state index contributed by atoms with van der Waals surface area (Å²) in [6.07, 6.45) is 1.55. The molecule has 4 aromatic rings. The average Bonchev–Trinajstić information content (AvgIpc) is 3.27. The van der Waals surface area contributed by atoms with E-state index in [-0.39, 0.29) is 11.7 Å². The number of hydrogen-bond donors (Lipinski definition) is 2. The van der Waals surface area contributed by atoms with Gasteiger partial charge in [-0.15, -0.1) is 0 Å². The number of nitrogens with one attached hydrogen (secondary N) is 1. The normalized spacial score (nSPS) is 11.9. The average molecular weight is 373 g/mol. The number of amides is 1. The van der Waals surface area contributed by atoms with Crippen molar-refractivity contribution >= 4 is 16.7 Å². The molecule has 4 rings (SSSR count). The first-order chi connectivity index (χ1) is 13.7. The second-order valence-corrected chi connectivity index (χ2v) is 6.37. The van der Waals surface area contributed by atoms with Gasteiger partial charge in [0, 0.05) is 11.1 Å². The molecule has 1 heterocycles. The summed E-state index contributed by atoms with van der Waals surface area (Å²) in [5.41, 5.74) is 1.08. The Morgan fingerprint density at radius 1 is 1.00 bits per heavy atom. The number of methoxy groups -OCH3 is 1. The van der Waals surface area contributed by atoms with Gasteiger partial charge in [-0.25, -0.2) is 0 Å². The van der Waals surface area contributed by atoms with Crippen molar-refractivity contribution in [2.45, 2.75) is 6.04 Å². The first-order valence-electron chi connectivity index (χ1n) is 8.86. The molecule has 0 saturated carbocycles. The molecule has 3 aromatic carbocycles. The zero-order chi connectivity index (χ0) is 19.5. The Labute approximate surface area is 162 Å². The van der Waals surface area contributed by atoms with Crippen molar-refractivity contribution in [3.8, 4) is 11.5 Å². The van der Waals surface area contributed by atoms with E-state index in [0.717, 1.165) is 10.8 Å². The SMILES string of the molecule is COc1ccc(C(=O)NC(c2ccco2)c2c(O)ccc3ccccc23)cc1. The molecule has 5 heteroatoms. The van der Waals surface area contributed by atoms with Gasteiger partial charge < -0.3 is 19.6 Å². The summed E-state index contributed by atoms with van der Waals surface area (Å²) < 4.78 is 10.7. The van der Waals surface area contributed by atoms with Gasteiger partial charge in [0.2, 0.25) is 0 Å². The van der Waals surface area contributed by atoms with Crippen LogP contribution in [0.4, 0.5) is 0 Å². The van der Waals surface area contributed by atoms with Crippen molar-refractivity contribution in [3.05, 3.63) is 95.9 Å². The second-order valence-electron chi connectivity index (χ2n) is 6.37. The Kier molecular flexibility index (Phi) is 4.72. The van der Waals surface area contributed by atoms with Gasteiger partial charge in [-0.1, -0.05) is 30.3 Å². The van der Waals surface area contributed by atoms with E-state index in [1.807, 2.05) is 30.3 Å². The largest absolute Gasteiger partial charge is 0.508 e. The van der Waals surface area contributed by atoms with E-state index in [4.69, 9.17) is 9.15 Å². The maximum atomic E-state index is 12.9. The Bertz CT molecular complexity index is 1100. The molecule has 0 radical (unpaired) electrons. The first kappa shape index (κ1) is 17.7.